The molecular formula is C24H24N8O3. The van der Waals surface area contributed by atoms with Gasteiger partial charge in [-0.25, -0.2) is 15.0 Å². The second kappa shape index (κ2) is 8.84. The van der Waals surface area contributed by atoms with Crippen molar-refractivity contribution in [2.45, 2.75) is 13.1 Å². The molecule has 1 N–H and O–H groups in total. The van der Waals surface area contributed by atoms with Crippen LogP contribution < -0.4 is 10.2 Å². The summed E-state index contributed by atoms with van der Waals surface area (Å²) in [7, 11) is 0. The molecule has 0 atom stereocenters. The van der Waals surface area contributed by atoms with Gasteiger partial charge in [0.05, 0.1) is 26.0 Å². The first kappa shape index (κ1) is 21.3. The van der Waals surface area contributed by atoms with Gasteiger partial charge < -0.3 is 24.4 Å². The highest BCUT2D eigenvalue weighted by atomic mass is 16.5. The van der Waals surface area contributed by atoms with Crippen molar-refractivity contribution in [1.29, 1.82) is 0 Å². The summed E-state index contributed by atoms with van der Waals surface area (Å²) in [4.78, 5) is 42.8. The molecule has 0 saturated carbocycles. The molecule has 35 heavy (non-hydrogen) atoms. The largest absolute Gasteiger partial charge is 0.378 e. The Hall–Kier alpha value is -4.25. The fraction of sp³-hybridized carbons (Fsp3) is 0.292. The number of carbonyl (C=O) groups is 2. The minimum atomic E-state index is -0.228. The lowest BCUT2D eigenvalue weighted by atomic mass is 10.2. The number of nitrogens with one attached hydrogen (secondary N) is 1. The first-order valence-electron chi connectivity index (χ1n) is 11.5. The first-order valence-corrected chi connectivity index (χ1v) is 11.5. The summed E-state index contributed by atoms with van der Waals surface area (Å²) < 4.78 is 8.99. The molecule has 3 aromatic heterocycles. The maximum Gasteiger partial charge on any atom is 0.274 e. The maximum atomic E-state index is 13.0. The lowest BCUT2D eigenvalue weighted by Gasteiger charge is -2.29. The van der Waals surface area contributed by atoms with Crippen molar-refractivity contribution in [1.82, 2.24) is 28.8 Å². The number of amides is 2. The third-order valence-electron chi connectivity index (χ3n) is 6.34. The molecule has 6 rings (SSSR count). The van der Waals surface area contributed by atoms with Crippen LogP contribution in [0.15, 0.2) is 55.1 Å². The van der Waals surface area contributed by atoms with Crippen LogP contribution in [-0.2, 0) is 17.8 Å². The van der Waals surface area contributed by atoms with E-state index in [9.17, 15) is 9.59 Å². The van der Waals surface area contributed by atoms with Crippen LogP contribution in [0.3, 0.4) is 0 Å². The van der Waals surface area contributed by atoms with Crippen LogP contribution in [-0.4, -0.2) is 73.5 Å². The number of imidazole rings is 2. The van der Waals surface area contributed by atoms with Gasteiger partial charge in [-0.05, 0) is 30.3 Å². The van der Waals surface area contributed by atoms with Gasteiger partial charge in [-0.15, -0.1) is 0 Å². The highest BCUT2D eigenvalue weighted by Gasteiger charge is 2.27. The molecular weight excluding hydrogens is 448 g/mol. The number of anilines is 2. The first-order chi connectivity index (χ1) is 17.2. The third-order valence-corrected chi connectivity index (χ3v) is 6.34. The minimum Gasteiger partial charge on any atom is -0.378 e. The number of ether oxygens (including phenoxy) is 1. The zero-order valence-electron chi connectivity index (χ0n) is 19.0. The van der Waals surface area contributed by atoms with Crippen LogP contribution in [0.2, 0.25) is 0 Å². The standard InChI is InChI=1S/C24H24N8O3/c33-22(27-17-2-4-18(5-3-17)29-10-12-35-13-11-29)20-14-26-21-16-30(8-9-32(20)21)23(34)19-15-31-7-1-6-25-24(31)28-19/h1-7,14-15H,8-13,16H2,(H,27,33). The van der Waals surface area contributed by atoms with E-state index >= 15 is 0 Å². The van der Waals surface area contributed by atoms with E-state index in [1.54, 1.807) is 40.2 Å². The molecule has 1 aromatic carbocycles. The summed E-state index contributed by atoms with van der Waals surface area (Å²) in [6.07, 6.45) is 6.68. The van der Waals surface area contributed by atoms with Crippen molar-refractivity contribution < 1.29 is 14.3 Å². The normalized spacial score (nSPS) is 15.8. The number of rotatable bonds is 4. The number of benzene rings is 1. The van der Waals surface area contributed by atoms with Crippen molar-refractivity contribution in [3.8, 4) is 0 Å². The van der Waals surface area contributed by atoms with E-state index in [0.717, 1.165) is 37.7 Å². The Labute approximate surface area is 201 Å². The molecule has 5 heterocycles. The predicted molar refractivity (Wildman–Crippen MR) is 127 cm³/mol. The second-order valence-corrected chi connectivity index (χ2v) is 8.49. The number of carbonyl (C=O) groups excluding carboxylic acids is 2. The van der Waals surface area contributed by atoms with Crippen LogP contribution in [0.5, 0.6) is 0 Å². The van der Waals surface area contributed by atoms with E-state index in [-0.39, 0.29) is 11.8 Å². The van der Waals surface area contributed by atoms with Crippen LogP contribution in [0.1, 0.15) is 26.8 Å². The Morgan fingerprint density at radius 3 is 2.63 bits per heavy atom. The number of aromatic nitrogens is 5. The van der Waals surface area contributed by atoms with Gasteiger partial charge in [-0.2, -0.15) is 0 Å². The molecule has 0 aliphatic carbocycles. The molecule has 1 fully saturated rings. The van der Waals surface area contributed by atoms with Crippen molar-refractivity contribution >= 4 is 29.0 Å². The number of morpholine rings is 1. The molecule has 1 saturated heterocycles. The quantitative estimate of drug-likeness (QED) is 0.481. The van der Waals surface area contributed by atoms with E-state index < -0.39 is 0 Å². The van der Waals surface area contributed by atoms with Crippen molar-refractivity contribution in [3.05, 3.63) is 72.3 Å². The number of fused-ring (bicyclic) bond motifs is 2. The summed E-state index contributed by atoms with van der Waals surface area (Å²) in [6.45, 7) is 4.42. The smallest absolute Gasteiger partial charge is 0.274 e. The molecule has 11 nitrogen and oxygen atoms in total. The number of nitrogens with zero attached hydrogens (tertiary/aromatic N) is 7. The topological polar surface area (TPSA) is 110 Å². The number of hydrogen-bond donors (Lipinski definition) is 1. The fourth-order valence-electron chi connectivity index (χ4n) is 4.48. The van der Waals surface area contributed by atoms with E-state index in [4.69, 9.17) is 4.74 Å². The van der Waals surface area contributed by atoms with Gasteiger partial charge in [0.15, 0.2) is 0 Å². The monoisotopic (exact) mass is 472 g/mol. The highest BCUT2D eigenvalue weighted by molar-refractivity contribution is 6.03. The zero-order valence-corrected chi connectivity index (χ0v) is 19.0. The summed E-state index contributed by atoms with van der Waals surface area (Å²) in [6, 6.07) is 9.60. The van der Waals surface area contributed by atoms with Gasteiger partial charge in [-0.3, -0.25) is 14.0 Å². The van der Waals surface area contributed by atoms with Crippen molar-refractivity contribution in [2.24, 2.45) is 0 Å². The summed E-state index contributed by atoms with van der Waals surface area (Å²) in [5, 5.41) is 2.96. The Balaban J connectivity index is 1.13. The number of hydrogen-bond acceptors (Lipinski definition) is 7. The predicted octanol–water partition coefficient (Wildman–Crippen LogP) is 1.67. The average molecular weight is 473 g/mol. The van der Waals surface area contributed by atoms with Crippen LogP contribution in [0.25, 0.3) is 5.78 Å². The lowest BCUT2D eigenvalue weighted by molar-refractivity contribution is 0.0701. The molecule has 0 bridgehead atoms. The van der Waals surface area contributed by atoms with Crippen LogP contribution in [0.4, 0.5) is 11.4 Å². The Morgan fingerprint density at radius 1 is 1.00 bits per heavy atom. The van der Waals surface area contributed by atoms with Gasteiger partial charge >= 0.3 is 0 Å². The zero-order chi connectivity index (χ0) is 23.8. The molecule has 11 heteroatoms. The molecule has 2 aliphatic rings. The van der Waals surface area contributed by atoms with E-state index in [2.05, 4.69) is 25.2 Å². The van der Waals surface area contributed by atoms with Gasteiger partial charge in [0.1, 0.15) is 17.2 Å². The lowest BCUT2D eigenvalue weighted by Crippen LogP contribution is -2.39. The van der Waals surface area contributed by atoms with E-state index in [0.29, 0.717) is 42.6 Å². The van der Waals surface area contributed by atoms with Gasteiger partial charge in [0.2, 0.25) is 5.78 Å². The molecule has 4 aromatic rings. The van der Waals surface area contributed by atoms with Gasteiger partial charge in [-0.1, -0.05) is 0 Å². The minimum absolute atomic E-state index is 0.184. The van der Waals surface area contributed by atoms with Crippen molar-refractivity contribution in [2.75, 3.05) is 43.1 Å². The molecule has 2 aliphatic heterocycles. The summed E-state index contributed by atoms with van der Waals surface area (Å²) >= 11 is 0. The third kappa shape index (κ3) is 4.10. The average Bonchev–Trinajstić information content (AvgIpc) is 3.53. The molecule has 0 unspecified atom stereocenters. The molecule has 178 valence electrons. The maximum absolute atomic E-state index is 13.0. The SMILES string of the molecule is O=C(Nc1ccc(N2CCOCC2)cc1)c1cnc2n1CCN(C(=O)c1cn3cccnc3n1)C2. The van der Waals surface area contributed by atoms with E-state index in [1.165, 1.54) is 0 Å². The molecule has 0 radical (unpaired) electrons. The molecule has 2 amide bonds. The fourth-order valence-corrected chi connectivity index (χ4v) is 4.48. The van der Waals surface area contributed by atoms with Gasteiger partial charge in [0.25, 0.3) is 11.8 Å². The highest BCUT2D eigenvalue weighted by Crippen LogP contribution is 2.21. The Morgan fingerprint density at radius 2 is 1.83 bits per heavy atom. The summed E-state index contributed by atoms with van der Waals surface area (Å²) in [5.41, 5.74) is 2.64. The summed E-state index contributed by atoms with van der Waals surface area (Å²) in [5.74, 6) is 0.732. The van der Waals surface area contributed by atoms with Crippen LogP contribution in [0, 0.1) is 0 Å². The van der Waals surface area contributed by atoms with Crippen LogP contribution >= 0.6 is 0 Å². The second-order valence-electron chi connectivity index (χ2n) is 8.49. The molecule has 0 spiro atoms. The van der Waals surface area contributed by atoms with E-state index in [1.807, 2.05) is 28.8 Å². The van der Waals surface area contributed by atoms with Gasteiger partial charge in [0, 0.05) is 56.1 Å². The Bertz CT molecular complexity index is 1350. The Kier molecular flexibility index (Phi) is 5.38. The van der Waals surface area contributed by atoms with Crippen molar-refractivity contribution in [3.63, 3.8) is 0 Å².